The molecule has 5 rings (SSSR count). The second kappa shape index (κ2) is 11.3. The minimum absolute atomic E-state index is 0.00607. The molecule has 194 valence electrons. The molecule has 1 fully saturated rings. The summed E-state index contributed by atoms with van der Waals surface area (Å²) >= 11 is 0. The van der Waals surface area contributed by atoms with Crippen LogP contribution in [-0.4, -0.2) is 52.2 Å². The highest BCUT2D eigenvalue weighted by molar-refractivity contribution is 6.02. The molecule has 0 radical (unpaired) electrons. The number of fused-ring (bicyclic) bond motifs is 1. The zero-order valence-corrected chi connectivity index (χ0v) is 21.2. The maximum atomic E-state index is 13.0. The molecular formula is C31H35NO5. The number of hydrogen-bond acceptors (Lipinski definition) is 6. The van der Waals surface area contributed by atoms with Crippen LogP contribution < -0.4 is 4.74 Å². The van der Waals surface area contributed by atoms with E-state index in [0.29, 0.717) is 36.1 Å². The summed E-state index contributed by atoms with van der Waals surface area (Å²) in [5, 5.41) is 30.9. The molecule has 0 amide bonds. The number of nitrogens with zero attached hydrogens (tertiary/aromatic N) is 1. The topological polar surface area (TPSA) is 90.2 Å². The second-order valence-corrected chi connectivity index (χ2v) is 10.3. The number of phenols is 3. The maximum absolute atomic E-state index is 13.0. The van der Waals surface area contributed by atoms with Crippen LogP contribution in [0.1, 0.15) is 70.6 Å². The van der Waals surface area contributed by atoms with E-state index in [0.717, 1.165) is 29.8 Å². The van der Waals surface area contributed by atoms with Gasteiger partial charge in [-0.3, -0.25) is 4.79 Å². The molecule has 0 saturated carbocycles. The molecule has 3 aromatic rings. The fourth-order valence-corrected chi connectivity index (χ4v) is 5.68. The lowest BCUT2D eigenvalue weighted by Gasteiger charge is -2.27. The molecule has 1 atom stereocenters. The number of carbonyl (C=O) groups excluding carboxylic acids is 1. The van der Waals surface area contributed by atoms with E-state index in [1.54, 1.807) is 12.1 Å². The first-order chi connectivity index (χ1) is 18.0. The molecule has 6 nitrogen and oxygen atoms in total. The Morgan fingerprint density at radius 2 is 1.59 bits per heavy atom. The van der Waals surface area contributed by atoms with Crippen LogP contribution in [0.25, 0.3) is 0 Å². The van der Waals surface area contributed by atoms with Gasteiger partial charge < -0.3 is 25.0 Å². The average Bonchev–Trinajstić information content (AvgIpc) is 2.90. The average molecular weight is 502 g/mol. The Bertz CT molecular complexity index is 1230. The van der Waals surface area contributed by atoms with Gasteiger partial charge in [0.2, 0.25) is 0 Å². The van der Waals surface area contributed by atoms with Crippen LogP contribution >= 0.6 is 0 Å². The summed E-state index contributed by atoms with van der Waals surface area (Å²) < 4.78 is 5.95. The van der Waals surface area contributed by atoms with E-state index in [1.165, 1.54) is 38.4 Å². The molecule has 6 heteroatoms. The number of ether oxygens (including phenoxy) is 1. The van der Waals surface area contributed by atoms with Crippen molar-refractivity contribution in [3.05, 3.63) is 82.4 Å². The number of hydrogen-bond donors (Lipinski definition) is 3. The number of benzene rings is 3. The molecule has 1 unspecified atom stereocenters. The van der Waals surface area contributed by atoms with E-state index in [2.05, 4.69) is 4.90 Å². The van der Waals surface area contributed by atoms with E-state index in [1.807, 2.05) is 36.4 Å². The zero-order chi connectivity index (χ0) is 25.8. The van der Waals surface area contributed by atoms with Gasteiger partial charge in [-0.05, 0) is 85.6 Å². The van der Waals surface area contributed by atoms with Gasteiger partial charge in [0.05, 0.1) is 12.2 Å². The minimum atomic E-state index is -0.168. The van der Waals surface area contributed by atoms with Crippen LogP contribution in [0.3, 0.4) is 0 Å². The van der Waals surface area contributed by atoms with Crippen LogP contribution in [0.5, 0.6) is 23.0 Å². The third kappa shape index (κ3) is 5.91. The number of piperidine rings is 1. The largest absolute Gasteiger partial charge is 0.508 e. The number of carbonyl (C=O) groups is 1. The van der Waals surface area contributed by atoms with E-state index < -0.39 is 0 Å². The fraction of sp³-hybridized carbons (Fsp3) is 0.387. The van der Waals surface area contributed by atoms with Gasteiger partial charge in [-0.25, -0.2) is 0 Å². The van der Waals surface area contributed by atoms with Crippen molar-refractivity contribution in [3.63, 3.8) is 0 Å². The van der Waals surface area contributed by atoms with E-state index in [9.17, 15) is 20.1 Å². The first kappa shape index (κ1) is 25.2. The molecule has 37 heavy (non-hydrogen) atoms. The lowest BCUT2D eigenvalue weighted by atomic mass is 9.76. The normalized spacial score (nSPS) is 17.9. The zero-order valence-electron chi connectivity index (χ0n) is 21.2. The Labute approximate surface area is 218 Å². The van der Waals surface area contributed by atoms with Crippen LogP contribution in [0.4, 0.5) is 0 Å². The first-order valence-electron chi connectivity index (χ1n) is 13.3. The molecule has 3 N–H and O–H groups in total. The predicted octanol–water partition coefficient (Wildman–Crippen LogP) is 5.56. The molecule has 1 saturated heterocycles. The van der Waals surface area contributed by atoms with Crippen molar-refractivity contribution >= 4 is 5.78 Å². The van der Waals surface area contributed by atoms with Crippen molar-refractivity contribution < 1.29 is 24.9 Å². The highest BCUT2D eigenvalue weighted by Crippen LogP contribution is 2.42. The summed E-state index contributed by atoms with van der Waals surface area (Å²) in [5.74, 6) is 0.610. The number of likely N-dealkylation sites (tertiary alicyclic amines) is 1. The van der Waals surface area contributed by atoms with Crippen molar-refractivity contribution in [1.29, 1.82) is 0 Å². The van der Waals surface area contributed by atoms with E-state index in [4.69, 9.17) is 4.74 Å². The van der Waals surface area contributed by atoms with Gasteiger partial charge in [-0.1, -0.05) is 30.7 Å². The smallest absolute Gasteiger partial charge is 0.167 e. The third-order valence-electron chi connectivity index (χ3n) is 7.67. The molecule has 0 bridgehead atoms. The number of rotatable bonds is 8. The van der Waals surface area contributed by atoms with Gasteiger partial charge in [0, 0.05) is 31.0 Å². The highest BCUT2D eigenvalue weighted by Gasteiger charge is 2.32. The van der Waals surface area contributed by atoms with Gasteiger partial charge in [0.25, 0.3) is 0 Å². The summed E-state index contributed by atoms with van der Waals surface area (Å²) in [4.78, 5) is 15.5. The minimum Gasteiger partial charge on any atom is -0.508 e. The van der Waals surface area contributed by atoms with Crippen molar-refractivity contribution in [1.82, 2.24) is 4.90 Å². The van der Waals surface area contributed by atoms with Crippen LogP contribution in [0.15, 0.2) is 54.6 Å². The standard InChI is InChI=1S/C31H35NO5/c33-24-9-7-22(8-10-24)23-18-27-26(28(34)20-30(36)31(27)29(35)19-23)17-21-5-11-25(12-6-21)37-16-4-15-32-13-2-1-3-14-32/h5-12,20,23,33-34,36H,1-4,13-19H2. The van der Waals surface area contributed by atoms with Gasteiger partial charge in [-0.15, -0.1) is 0 Å². The number of Topliss-reactive ketones (excluding diaryl/α,β-unsaturated/α-hetero) is 1. The Balaban J connectivity index is 1.27. The summed E-state index contributed by atoms with van der Waals surface area (Å²) in [6.07, 6.45) is 6.20. The van der Waals surface area contributed by atoms with E-state index >= 15 is 0 Å². The summed E-state index contributed by atoms with van der Waals surface area (Å²) in [6, 6.07) is 16.0. The molecule has 0 aromatic heterocycles. The lowest BCUT2D eigenvalue weighted by molar-refractivity contribution is 0.0961. The second-order valence-electron chi connectivity index (χ2n) is 10.3. The predicted molar refractivity (Wildman–Crippen MR) is 143 cm³/mol. The lowest BCUT2D eigenvalue weighted by Crippen LogP contribution is -2.31. The SMILES string of the molecule is O=C1CC(c2ccc(O)cc2)Cc2c(Cc3ccc(OCCCN4CCCCC4)cc3)c(O)cc(O)c21. The van der Waals surface area contributed by atoms with Gasteiger partial charge >= 0.3 is 0 Å². The van der Waals surface area contributed by atoms with Gasteiger partial charge in [0.15, 0.2) is 5.78 Å². The third-order valence-corrected chi connectivity index (χ3v) is 7.67. The Morgan fingerprint density at radius 1 is 0.865 bits per heavy atom. The number of aromatic hydroxyl groups is 3. The van der Waals surface area contributed by atoms with Gasteiger partial charge in [0.1, 0.15) is 23.0 Å². The Morgan fingerprint density at radius 3 is 2.32 bits per heavy atom. The van der Waals surface area contributed by atoms with E-state index in [-0.39, 0.29) is 35.4 Å². The molecule has 1 heterocycles. The molecule has 0 spiro atoms. The number of ketones is 1. The van der Waals surface area contributed by atoms with Gasteiger partial charge in [-0.2, -0.15) is 0 Å². The highest BCUT2D eigenvalue weighted by atomic mass is 16.5. The molecule has 2 aliphatic rings. The van der Waals surface area contributed by atoms with Crippen LogP contribution in [0, 0.1) is 0 Å². The number of phenolic OH excluding ortho intramolecular Hbond substituents is 3. The quantitative estimate of drug-likeness (QED) is 0.350. The maximum Gasteiger partial charge on any atom is 0.167 e. The van der Waals surface area contributed by atoms with Crippen molar-refractivity contribution in [2.24, 2.45) is 0 Å². The van der Waals surface area contributed by atoms with Crippen molar-refractivity contribution in [3.8, 4) is 23.0 Å². The first-order valence-corrected chi connectivity index (χ1v) is 13.3. The Kier molecular flexibility index (Phi) is 7.65. The summed E-state index contributed by atoms with van der Waals surface area (Å²) in [7, 11) is 0. The molecule has 1 aliphatic carbocycles. The summed E-state index contributed by atoms with van der Waals surface area (Å²) in [5.41, 5.74) is 3.62. The van der Waals surface area contributed by atoms with Crippen LogP contribution in [-0.2, 0) is 12.8 Å². The van der Waals surface area contributed by atoms with Crippen molar-refractivity contribution in [2.45, 2.75) is 50.9 Å². The molecule has 1 aliphatic heterocycles. The molecule has 3 aromatic carbocycles. The Hall–Kier alpha value is -3.51. The summed E-state index contributed by atoms with van der Waals surface area (Å²) in [6.45, 7) is 4.16. The van der Waals surface area contributed by atoms with Crippen LogP contribution in [0.2, 0.25) is 0 Å². The monoisotopic (exact) mass is 501 g/mol. The van der Waals surface area contributed by atoms with Crippen molar-refractivity contribution in [2.75, 3.05) is 26.2 Å². The fourth-order valence-electron chi connectivity index (χ4n) is 5.68. The molecular weight excluding hydrogens is 466 g/mol.